The van der Waals surface area contributed by atoms with Gasteiger partial charge in [0.25, 0.3) is 0 Å². The molecule has 0 unspecified atom stereocenters. The molecule has 0 fully saturated rings. The van der Waals surface area contributed by atoms with Gasteiger partial charge in [-0.2, -0.15) is 24.1 Å². The van der Waals surface area contributed by atoms with E-state index >= 15 is 0 Å². The number of ether oxygens (including phenoxy) is 1. The van der Waals surface area contributed by atoms with E-state index in [1.807, 2.05) is 31.2 Å². The molecule has 0 saturated carbocycles. The number of urea groups is 1. The van der Waals surface area contributed by atoms with E-state index in [-0.39, 0.29) is 17.3 Å². The number of aromatic nitrogens is 2. The number of nitrogen functional groups attached to an aromatic ring is 1. The average Bonchev–Trinajstić information content (AvgIpc) is 2.83. The summed E-state index contributed by atoms with van der Waals surface area (Å²) in [5.41, 5.74) is 7.66. The number of rotatable bonds is 8. The number of halogens is 3. The summed E-state index contributed by atoms with van der Waals surface area (Å²) in [6.45, 7) is 2.22. The Labute approximate surface area is 204 Å². The van der Waals surface area contributed by atoms with E-state index in [4.69, 9.17) is 16.4 Å². The molecule has 0 saturated heterocycles. The van der Waals surface area contributed by atoms with Crippen molar-refractivity contribution in [3.8, 4) is 17.1 Å². The van der Waals surface area contributed by atoms with E-state index in [9.17, 15) is 18.0 Å². The maximum atomic E-state index is 12.9. The Hall–Kier alpha value is -4.52. The lowest BCUT2D eigenvalue weighted by molar-refractivity contribution is -0.137. The van der Waals surface area contributed by atoms with Crippen LogP contribution in [0.2, 0.25) is 0 Å². The van der Waals surface area contributed by atoms with Crippen molar-refractivity contribution in [2.75, 3.05) is 18.2 Å². The molecule has 1 aromatic heterocycles. The molecule has 0 atom stereocenters. The molecule has 0 aliphatic heterocycles. The number of methoxy groups -OCH3 is 1. The molecule has 7 N–H and O–H groups in total. The SMILES string of the molecule is COc1ncc(-c2ccc(CN/C=C(/NC(=O)Nc3cc(N)cc(C(F)(F)F)c3)ON)cc2)c(C)n1. The lowest BCUT2D eigenvalue weighted by Gasteiger charge is -2.13. The lowest BCUT2D eigenvalue weighted by Crippen LogP contribution is -2.31. The standard InChI is InChI=1S/C23H24F3N7O3/c1-13-19(11-30-22(31-13)35-2)15-5-3-14(4-6-15)10-29-12-20(36-28)33-21(34)32-18-8-16(23(24,25)26)7-17(27)9-18/h3-9,11-12,29H,10,27-28H2,1-2H3,(H2,32,33,34)/b20-12-. The highest BCUT2D eigenvalue weighted by Gasteiger charge is 2.31. The zero-order chi connectivity index (χ0) is 26.3. The number of carbonyl (C=O) groups is 1. The molecular formula is C23H24F3N7O3. The molecular weight excluding hydrogens is 479 g/mol. The maximum Gasteiger partial charge on any atom is 0.416 e. The third kappa shape index (κ3) is 6.99. The second-order valence-electron chi connectivity index (χ2n) is 7.48. The minimum Gasteiger partial charge on any atom is -0.467 e. The van der Waals surface area contributed by atoms with Crippen LogP contribution in [-0.4, -0.2) is 23.1 Å². The number of carbonyl (C=O) groups excluding carboxylic acids is 1. The Bertz CT molecular complexity index is 1250. The number of nitrogens with two attached hydrogens (primary N) is 2. The van der Waals surface area contributed by atoms with Crippen LogP contribution in [0.4, 0.5) is 29.3 Å². The van der Waals surface area contributed by atoms with Gasteiger partial charge in [0, 0.05) is 29.7 Å². The number of benzene rings is 2. The summed E-state index contributed by atoms with van der Waals surface area (Å²) in [5.74, 6) is 5.01. The van der Waals surface area contributed by atoms with Gasteiger partial charge in [-0.05, 0) is 36.2 Å². The molecule has 0 aliphatic carbocycles. The Morgan fingerprint density at radius 3 is 2.50 bits per heavy atom. The molecule has 0 radical (unpaired) electrons. The number of aryl methyl sites for hydroxylation is 1. The minimum absolute atomic E-state index is 0.151. The van der Waals surface area contributed by atoms with Crippen LogP contribution in [-0.2, 0) is 17.6 Å². The number of hydrogen-bond acceptors (Lipinski definition) is 8. The molecule has 10 nitrogen and oxygen atoms in total. The van der Waals surface area contributed by atoms with Gasteiger partial charge in [0.1, 0.15) is 0 Å². The molecule has 0 aliphatic rings. The van der Waals surface area contributed by atoms with Gasteiger partial charge in [-0.3, -0.25) is 5.32 Å². The molecule has 1 heterocycles. The van der Waals surface area contributed by atoms with Crippen LogP contribution in [0.15, 0.2) is 60.7 Å². The largest absolute Gasteiger partial charge is 0.467 e. The molecule has 2 aromatic carbocycles. The van der Waals surface area contributed by atoms with E-state index in [1.54, 1.807) is 6.20 Å². The van der Waals surface area contributed by atoms with Crippen LogP contribution in [0.5, 0.6) is 6.01 Å². The average molecular weight is 503 g/mol. The van der Waals surface area contributed by atoms with Crippen LogP contribution in [0.3, 0.4) is 0 Å². The first kappa shape index (κ1) is 26.1. The highest BCUT2D eigenvalue weighted by atomic mass is 19.4. The highest BCUT2D eigenvalue weighted by molar-refractivity contribution is 5.90. The predicted octanol–water partition coefficient (Wildman–Crippen LogP) is 3.66. The smallest absolute Gasteiger partial charge is 0.416 e. The van der Waals surface area contributed by atoms with Crippen LogP contribution >= 0.6 is 0 Å². The summed E-state index contributed by atoms with van der Waals surface area (Å²) >= 11 is 0. The quantitative estimate of drug-likeness (QED) is 0.178. The summed E-state index contributed by atoms with van der Waals surface area (Å²) in [7, 11) is 1.50. The number of nitrogens with zero attached hydrogens (tertiary/aromatic N) is 2. The van der Waals surface area contributed by atoms with E-state index in [1.165, 1.54) is 19.4 Å². The van der Waals surface area contributed by atoms with E-state index in [0.717, 1.165) is 34.5 Å². The monoisotopic (exact) mass is 503 g/mol. The van der Waals surface area contributed by atoms with Crippen LogP contribution in [0.25, 0.3) is 11.1 Å². The van der Waals surface area contributed by atoms with Crippen LogP contribution in [0, 0.1) is 6.92 Å². The second kappa shape index (κ2) is 11.3. The zero-order valence-corrected chi connectivity index (χ0v) is 19.3. The first-order chi connectivity index (χ1) is 17.1. The lowest BCUT2D eigenvalue weighted by atomic mass is 10.0. The van der Waals surface area contributed by atoms with Gasteiger partial charge in [0.15, 0.2) is 0 Å². The fourth-order valence-corrected chi connectivity index (χ4v) is 3.15. The summed E-state index contributed by atoms with van der Waals surface area (Å²) in [5, 5.41) is 7.46. The molecule has 2 amide bonds. The van der Waals surface area contributed by atoms with Gasteiger partial charge in [0.2, 0.25) is 5.88 Å². The fourth-order valence-electron chi connectivity index (χ4n) is 3.15. The molecule has 36 heavy (non-hydrogen) atoms. The Morgan fingerprint density at radius 1 is 1.17 bits per heavy atom. The van der Waals surface area contributed by atoms with Crippen molar-refractivity contribution in [2.45, 2.75) is 19.6 Å². The Kier molecular flexibility index (Phi) is 8.17. The maximum absolute atomic E-state index is 12.9. The van der Waals surface area contributed by atoms with E-state index in [2.05, 4.69) is 30.8 Å². The molecule has 0 bridgehead atoms. The Balaban J connectivity index is 1.57. The predicted molar refractivity (Wildman–Crippen MR) is 127 cm³/mol. The number of nitrogens with one attached hydrogen (secondary N) is 3. The normalized spacial score (nSPS) is 11.6. The van der Waals surface area contributed by atoms with Gasteiger partial charge >= 0.3 is 18.2 Å². The third-order valence-corrected chi connectivity index (χ3v) is 4.85. The van der Waals surface area contributed by atoms with Gasteiger partial charge in [-0.25, -0.2) is 9.78 Å². The summed E-state index contributed by atoms with van der Waals surface area (Å²) < 4.78 is 43.8. The first-order valence-electron chi connectivity index (χ1n) is 10.4. The summed E-state index contributed by atoms with van der Waals surface area (Å²) in [4.78, 5) is 25.2. The van der Waals surface area contributed by atoms with Crippen molar-refractivity contribution in [1.29, 1.82) is 0 Å². The van der Waals surface area contributed by atoms with Crippen LogP contribution in [0.1, 0.15) is 16.8 Å². The van der Waals surface area contributed by atoms with Gasteiger partial charge < -0.3 is 25.9 Å². The van der Waals surface area contributed by atoms with Gasteiger partial charge in [-0.1, -0.05) is 24.3 Å². The van der Waals surface area contributed by atoms with Crippen molar-refractivity contribution >= 4 is 17.4 Å². The molecule has 3 rings (SSSR count). The molecule has 3 aromatic rings. The molecule has 0 spiro atoms. The molecule has 13 heteroatoms. The highest BCUT2D eigenvalue weighted by Crippen LogP contribution is 2.32. The topological polar surface area (TPSA) is 149 Å². The third-order valence-electron chi connectivity index (χ3n) is 4.85. The number of hydrogen-bond donors (Lipinski definition) is 5. The summed E-state index contributed by atoms with van der Waals surface area (Å²) in [6.07, 6.45) is -1.63. The van der Waals surface area contributed by atoms with Crippen molar-refractivity contribution in [3.63, 3.8) is 0 Å². The minimum atomic E-state index is -4.61. The van der Waals surface area contributed by atoms with Crippen LogP contribution < -0.4 is 32.3 Å². The van der Waals surface area contributed by atoms with Gasteiger partial charge in [0.05, 0.1) is 24.6 Å². The Morgan fingerprint density at radius 2 is 1.89 bits per heavy atom. The second-order valence-corrected chi connectivity index (χ2v) is 7.48. The van der Waals surface area contributed by atoms with Crippen molar-refractivity contribution < 1.29 is 27.5 Å². The number of amides is 2. The van der Waals surface area contributed by atoms with E-state index in [0.29, 0.717) is 12.6 Å². The number of alkyl halides is 3. The molecule has 190 valence electrons. The van der Waals surface area contributed by atoms with Crippen molar-refractivity contribution in [1.82, 2.24) is 20.6 Å². The van der Waals surface area contributed by atoms with E-state index < -0.39 is 17.8 Å². The zero-order valence-electron chi connectivity index (χ0n) is 19.3. The summed E-state index contributed by atoms with van der Waals surface area (Å²) in [6, 6.07) is 9.71. The first-order valence-corrected chi connectivity index (χ1v) is 10.4. The number of anilines is 2. The van der Waals surface area contributed by atoms with Gasteiger partial charge in [-0.15, -0.1) is 0 Å². The van der Waals surface area contributed by atoms with Crippen molar-refractivity contribution in [2.24, 2.45) is 5.90 Å². The fraction of sp³-hybridized carbons (Fsp3) is 0.174. The van der Waals surface area contributed by atoms with Crippen molar-refractivity contribution in [3.05, 3.63) is 77.6 Å².